The van der Waals surface area contributed by atoms with E-state index in [9.17, 15) is 13.2 Å². The fourth-order valence-corrected chi connectivity index (χ4v) is 0.457. The lowest BCUT2D eigenvalue weighted by molar-refractivity contribution is -0.174. The predicted octanol–water partition coefficient (Wildman–Crippen LogP) is 1.30. The van der Waals surface area contributed by atoms with Crippen molar-refractivity contribution >= 4 is 0 Å². The molecule has 2 nitrogen and oxygen atoms in total. The summed E-state index contributed by atoms with van der Waals surface area (Å²) in [6.45, 7) is 0.605. The van der Waals surface area contributed by atoms with Gasteiger partial charge in [0.25, 0.3) is 0 Å². The second-order valence-corrected chi connectivity index (χ2v) is 2.43. The normalized spacial score (nSPS) is 15.0. The van der Waals surface area contributed by atoms with Crippen LogP contribution in [-0.4, -0.2) is 25.4 Å². The van der Waals surface area contributed by atoms with Gasteiger partial charge in [0, 0.05) is 12.6 Å². The number of hydrogen-bond donors (Lipinski definition) is 1. The van der Waals surface area contributed by atoms with Crippen LogP contribution >= 0.6 is 0 Å². The van der Waals surface area contributed by atoms with Crippen LogP contribution in [0.3, 0.4) is 0 Å². The first-order valence-corrected chi connectivity index (χ1v) is 3.32. The van der Waals surface area contributed by atoms with E-state index in [1.54, 1.807) is 6.92 Å². The highest BCUT2D eigenvalue weighted by atomic mass is 19.4. The zero-order valence-electron chi connectivity index (χ0n) is 6.32. The van der Waals surface area contributed by atoms with Crippen molar-refractivity contribution in [1.29, 1.82) is 0 Å². The van der Waals surface area contributed by atoms with E-state index < -0.39 is 12.8 Å². The second-order valence-electron chi connectivity index (χ2n) is 2.43. The van der Waals surface area contributed by atoms with Gasteiger partial charge in [-0.15, -0.1) is 0 Å². The molecule has 0 aromatic rings. The molecular formula is C6H12F3NO. The molecule has 0 fully saturated rings. The van der Waals surface area contributed by atoms with Crippen molar-refractivity contribution in [3.63, 3.8) is 0 Å². The lowest BCUT2D eigenvalue weighted by Gasteiger charge is -2.08. The number of rotatable bonds is 4. The fraction of sp³-hybridized carbons (Fsp3) is 1.00. The SMILES string of the molecule is C[C@@H](N)CCOCC(F)(F)F. The van der Waals surface area contributed by atoms with Gasteiger partial charge in [0.2, 0.25) is 0 Å². The van der Waals surface area contributed by atoms with Gasteiger partial charge in [-0.25, -0.2) is 0 Å². The van der Waals surface area contributed by atoms with Gasteiger partial charge in [-0.05, 0) is 13.3 Å². The predicted molar refractivity (Wildman–Crippen MR) is 35.1 cm³/mol. The quantitative estimate of drug-likeness (QED) is 0.647. The molecule has 0 aromatic heterocycles. The minimum atomic E-state index is -4.22. The summed E-state index contributed by atoms with van der Waals surface area (Å²) in [5.41, 5.74) is 5.28. The molecule has 2 N–H and O–H groups in total. The molecule has 11 heavy (non-hydrogen) atoms. The van der Waals surface area contributed by atoms with Crippen LogP contribution in [0, 0.1) is 0 Å². The summed E-state index contributed by atoms with van der Waals surface area (Å²) in [5, 5.41) is 0. The lowest BCUT2D eigenvalue weighted by Crippen LogP contribution is -2.21. The third kappa shape index (κ3) is 9.71. The third-order valence-corrected chi connectivity index (χ3v) is 0.983. The Hall–Kier alpha value is -0.290. The Morgan fingerprint density at radius 1 is 1.45 bits per heavy atom. The van der Waals surface area contributed by atoms with Crippen molar-refractivity contribution in [2.24, 2.45) is 5.73 Å². The average molecular weight is 171 g/mol. The van der Waals surface area contributed by atoms with Gasteiger partial charge in [-0.2, -0.15) is 13.2 Å². The van der Waals surface area contributed by atoms with Crippen molar-refractivity contribution in [1.82, 2.24) is 0 Å². The summed E-state index contributed by atoms with van der Waals surface area (Å²) in [7, 11) is 0. The van der Waals surface area contributed by atoms with Crippen molar-refractivity contribution in [2.45, 2.75) is 25.6 Å². The molecule has 0 aromatic carbocycles. The maximum absolute atomic E-state index is 11.4. The molecular weight excluding hydrogens is 159 g/mol. The summed E-state index contributed by atoms with van der Waals surface area (Å²) < 4.78 is 38.6. The summed E-state index contributed by atoms with van der Waals surface area (Å²) >= 11 is 0. The summed E-state index contributed by atoms with van der Waals surface area (Å²) in [6, 6.07) is -0.108. The van der Waals surface area contributed by atoms with Gasteiger partial charge in [0.1, 0.15) is 6.61 Å². The molecule has 0 aliphatic rings. The van der Waals surface area contributed by atoms with Gasteiger partial charge in [0.15, 0.2) is 0 Å². The molecule has 0 radical (unpaired) electrons. The molecule has 0 aliphatic heterocycles. The topological polar surface area (TPSA) is 35.2 Å². The Kier molecular flexibility index (Phi) is 4.44. The first-order chi connectivity index (χ1) is 4.92. The lowest BCUT2D eigenvalue weighted by atomic mass is 10.3. The highest BCUT2D eigenvalue weighted by Crippen LogP contribution is 2.14. The van der Waals surface area contributed by atoms with E-state index in [-0.39, 0.29) is 12.6 Å². The van der Waals surface area contributed by atoms with E-state index in [4.69, 9.17) is 5.73 Å². The Bertz CT molecular complexity index is 102. The first-order valence-electron chi connectivity index (χ1n) is 3.32. The van der Waals surface area contributed by atoms with Crippen LogP contribution < -0.4 is 5.73 Å². The maximum Gasteiger partial charge on any atom is 0.411 e. The van der Waals surface area contributed by atoms with Crippen molar-refractivity contribution in [2.75, 3.05) is 13.2 Å². The van der Waals surface area contributed by atoms with Crippen molar-refractivity contribution < 1.29 is 17.9 Å². The molecule has 0 saturated heterocycles. The molecule has 68 valence electrons. The Morgan fingerprint density at radius 2 is 2.00 bits per heavy atom. The number of halogens is 3. The van der Waals surface area contributed by atoms with E-state index in [0.717, 1.165) is 0 Å². The van der Waals surface area contributed by atoms with Crippen LogP contribution in [0.25, 0.3) is 0 Å². The number of alkyl halides is 3. The van der Waals surface area contributed by atoms with E-state index in [0.29, 0.717) is 6.42 Å². The van der Waals surface area contributed by atoms with Crippen molar-refractivity contribution in [3.8, 4) is 0 Å². The number of ether oxygens (including phenoxy) is 1. The van der Waals surface area contributed by atoms with Crippen LogP contribution in [-0.2, 0) is 4.74 Å². The maximum atomic E-state index is 11.4. The fourth-order valence-electron chi connectivity index (χ4n) is 0.457. The summed E-state index contributed by atoms with van der Waals surface area (Å²) in [4.78, 5) is 0. The van der Waals surface area contributed by atoms with Gasteiger partial charge >= 0.3 is 6.18 Å². The summed E-state index contributed by atoms with van der Waals surface area (Å²) in [6.07, 6.45) is -3.77. The summed E-state index contributed by atoms with van der Waals surface area (Å²) in [5.74, 6) is 0. The Balaban J connectivity index is 3.15. The van der Waals surface area contributed by atoms with Crippen LogP contribution in [0.15, 0.2) is 0 Å². The molecule has 1 atom stereocenters. The van der Waals surface area contributed by atoms with E-state index >= 15 is 0 Å². The molecule has 5 heteroatoms. The minimum Gasteiger partial charge on any atom is -0.372 e. The molecule has 0 bridgehead atoms. The van der Waals surface area contributed by atoms with Crippen LogP contribution in [0.2, 0.25) is 0 Å². The standard InChI is InChI=1S/C6H12F3NO/c1-5(10)2-3-11-4-6(7,8)9/h5H,2-4,10H2,1H3/t5-/m1/s1. The number of nitrogens with two attached hydrogens (primary N) is 1. The molecule has 0 heterocycles. The first kappa shape index (κ1) is 10.7. The third-order valence-electron chi connectivity index (χ3n) is 0.983. The highest BCUT2D eigenvalue weighted by Gasteiger charge is 2.27. The minimum absolute atomic E-state index is 0.0666. The van der Waals surface area contributed by atoms with E-state index in [2.05, 4.69) is 4.74 Å². The van der Waals surface area contributed by atoms with E-state index in [1.165, 1.54) is 0 Å². The van der Waals surface area contributed by atoms with Crippen LogP contribution in [0.5, 0.6) is 0 Å². The monoisotopic (exact) mass is 171 g/mol. The number of hydrogen-bond acceptors (Lipinski definition) is 2. The van der Waals surface area contributed by atoms with Crippen LogP contribution in [0.1, 0.15) is 13.3 Å². The van der Waals surface area contributed by atoms with Gasteiger partial charge in [-0.1, -0.05) is 0 Å². The smallest absolute Gasteiger partial charge is 0.372 e. The molecule has 0 spiro atoms. The Morgan fingerprint density at radius 3 is 2.36 bits per heavy atom. The zero-order valence-corrected chi connectivity index (χ0v) is 6.32. The van der Waals surface area contributed by atoms with Gasteiger partial charge < -0.3 is 10.5 Å². The second kappa shape index (κ2) is 4.56. The van der Waals surface area contributed by atoms with Crippen LogP contribution in [0.4, 0.5) is 13.2 Å². The average Bonchev–Trinajstić information content (AvgIpc) is 1.78. The van der Waals surface area contributed by atoms with Gasteiger partial charge in [-0.3, -0.25) is 0 Å². The molecule has 0 amide bonds. The molecule has 0 unspecified atom stereocenters. The zero-order chi connectivity index (χ0) is 8.91. The van der Waals surface area contributed by atoms with Gasteiger partial charge in [0.05, 0.1) is 0 Å². The highest BCUT2D eigenvalue weighted by molar-refractivity contribution is 4.52. The molecule has 0 saturated carbocycles. The van der Waals surface area contributed by atoms with E-state index in [1.807, 2.05) is 0 Å². The Labute approximate surface area is 63.5 Å². The largest absolute Gasteiger partial charge is 0.411 e. The molecule has 0 rings (SSSR count). The molecule has 0 aliphatic carbocycles. The van der Waals surface area contributed by atoms with Crippen molar-refractivity contribution in [3.05, 3.63) is 0 Å².